The van der Waals surface area contributed by atoms with E-state index in [9.17, 15) is 10.0 Å². The van der Waals surface area contributed by atoms with Crippen molar-refractivity contribution < 1.29 is 14.6 Å². The second kappa shape index (κ2) is 8.73. The lowest BCUT2D eigenvalue weighted by Crippen LogP contribution is -2.25. The van der Waals surface area contributed by atoms with Crippen molar-refractivity contribution in [2.24, 2.45) is 0 Å². The number of fused-ring (bicyclic) bond motifs is 1. The van der Waals surface area contributed by atoms with Crippen molar-refractivity contribution in [3.63, 3.8) is 0 Å². The van der Waals surface area contributed by atoms with Gasteiger partial charge in [-0.15, -0.1) is 0 Å². The normalized spacial score (nSPS) is 10.5. The average molecular weight is 433 g/mol. The molecule has 0 bridgehead atoms. The van der Waals surface area contributed by atoms with Crippen LogP contribution >= 0.6 is 11.6 Å². The maximum atomic E-state index is 11.8. The largest absolute Gasteiger partial charge is 0.711 e. The molecule has 7 nitrogen and oxygen atoms in total. The number of halogens is 1. The maximum absolute atomic E-state index is 11.8. The molecule has 3 aromatic heterocycles. The predicted molar refractivity (Wildman–Crippen MR) is 119 cm³/mol. The Kier molecular flexibility index (Phi) is 5.68. The fourth-order valence-corrected chi connectivity index (χ4v) is 3.41. The summed E-state index contributed by atoms with van der Waals surface area (Å²) in [7, 11) is 0. The van der Waals surface area contributed by atoms with Gasteiger partial charge in [-0.3, -0.25) is 5.10 Å². The lowest BCUT2D eigenvalue weighted by atomic mass is 10.0. The van der Waals surface area contributed by atoms with E-state index < -0.39 is 5.97 Å². The van der Waals surface area contributed by atoms with Crippen molar-refractivity contribution in [2.45, 2.75) is 0 Å². The zero-order valence-electron chi connectivity index (χ0n) is 16.1. The molecule has 3 heterocycles. The van der Waals surface area contributed by atoms with E-state index in [2.05, 4.69) is 15.2 Å². The summed E-state index contributed by atoms with van der Waals surface area (Å²) in [6.45, 7) is 0. The maximum Gasteiger partial charge on any atom is 0.335 e. The number of hydrogen-bond acceptors (Lipinski definition) is 3. The first-order valence-corrected chi connectivity index (χ1v) is 9.69. The number of aromatic amines is 2. The van der Waals surface area contributed by atoms with Gasteiger partial charge in [-0.05, 0) is 35.9 Å². The molecule has 0 radical (unpaired) electrons. The average Bonchev–Trinajstić information content (AvgIpc) is 3.42. The second-order valence-corrected chi connectivity index (χ2v) is 7.08. The van der Waals surface area contributed by atoms with Crippen molar-refractivity contribution >= 4 is 28.6 Å². The molecule has 0 aliphatic heterocycles. The number of aromatic carboxylic acids is 1. The molecule has 8 heteroatoms. The zero-order chi connectivity index (χ0) is 21.8. The summed E-state index contributed by atoms with van der Waals surface area (Å²) in [6, 6.07) is 19.8. The minimum Gasteiger partial charge on any atom is -0.711 e. The summed E-state index contributed by atoms with van der Waals surface area (Å²) in [6.07, 6.45) is 5.12. The third-order valence-electron chi connectivity index (χ3n) is 4.67. The highest BCUT2D eigenvalue weighted by atomic mass is 35.5. The Morgan fingerprint density at radius 1 is 1.03 bits per heavy atom. The van der Waals surface area contributed by atoms with Crippen molar-refractivity contribution in [1.82, 2.24) is 15.2 Å². The Balaban J connectivity index is 0.000000196. The molecule has 5 rings (SSSR count). The van der Waals surface area contributed by atoms with E-state index in [0.717, 1.165) is 32.5 Å². The van der Waals surface area contributed by atoms with Crippen molar-refractivity contribution in [3.8, 4) is 22.4 Å². The van der Waals surface area contributed by atoms with E-state index in [1.165, 1.54) is 18.3 Å². The van der Waals surface area contributed by atoms with Gasteiger partial charge >= 0.3 is 5.97 Å². The Morgan fingerprint density at radius 2 is 1.84 bits per heavy atom. The number of carboxylic acids is 1. The number of aromatic nitrogens is 4. The van der Waals surface area contributed by atoms with Crippen LogP contribution in [0.25, 0.3) is 33.4 Å². The molecule has 0 unspecified atom stereocenters. The second-order valence-electron chi connectivity index (χ2n) is 6.64. The Hall–Kier alpha value is -4.10. The summed E-state index contributed by atoms with van der Waals surface area (Å²) in [4.78, 5) is 13.3. The monoisotopic (exact) mass is 432 g/mol. The molecular weight excluding hydrogens is 416 g/mol. The van der Waals surface area contributed by atoms with Crippen molar-refractivity contribution in [2.75, 3.05) is 0 Å². The lowest BCUT2D eigenvalue weighted by molar-refractivity contribution is -0.579. The first kappa shape index (κ1) is 20.2. The SMILES string of the molecule is O=C(O)c1cccc(Cl)c1.[O-][n+]1cccc2c(-c3[nH]ncc3-c3ccccc3)c[nH]c21. The van der Waals surface area contributed by atoms with E-state index in [0.29, 0.717) is 10.7 Å². The van der Waals surface area contributed by atoms with E-state index in [-0.39, 0.29) is 5.56 Å². The van der Waals surface area contributed by atoms with Gasteiger partial charge in [0.05, 0.1) is 40.8 Å². The number of rotatable bonds is 3. The Bertz CT molecular complexity index is 1350. The molecular formula is C23H17ClN4O3. The van der Waals surface area contributed by atoms with Crippen LogP contribution in [0.3, 0.4) is 0 Å². The number of nitrogens with one attached hydrogen (secondary N) is 2. The topological polar surface area (TPSA) is 109 Å². The van der Waals surface area contributed by atoms with Crippen LogP contribution in [0.5, 0.6) is 0 Å². The first-order chi connectivity index (χ1) is 15.0. The van der Waals surface area contributed by atoms with Gasteiger partial charge in [-0.2, -0.15) is 5.10 Å². The highest BCUT2D eigenvalue weighted by Crippen LogP contribution is 2.33. The Morgan fingerprint density at radius 3 is 2.55 bits per heavy atom. The molecule has 0 aliphatic carbocycles. The number of hydrogen-bond donors (Lipinski definition) is 3. The quantitative estimate of drug-likeness (QED) is 0.278. The van der Waals surface area contributed by atoms with E-state index >= 15 is 0 Å². The molecule has 0 amide bonds. The fourth-order valence-electron chi connectivity index (χ4n) is 3.22. The van der Waals surface area contributed by atoms with E-state index in [1.807, 2.05) is 42.6 Å². The van der Waals surface area contributed by atoms with Crippen molar-refractivity contribution in [3.05, 3.63) is 101 Å². The van der Waals surface area contributed by atoms with Gasteiger partial charge in [0.2, 0.25) is 0 Å². The van der Waals surface area contributed by atoms with Crippen LogP contribution in [-0.4, -0.2) is 26.3 Å². The van der Waals surface area contributed by atoms with Gasteiger partial charge in [0.15, 0.2) is 0 Å². The van der Waals surface area contributed by atoms with Crippen LogP contribution in [0, 0.1) is 5.21 Å². The number of nitrogens with zero attached hydrogens (tertiary/aromatic N) is 2. The minimum atomic E-state index is -0.956. The van der Waals surface area contributed by atoms with Crippen LogP contribution in [-0.2, 0) is 0 Å². The van der Waals surface area contributed by atoms with Crippen LogP contribution in [0.2, 0.25) is 5.02 Å². The summed E-state index contributed by atoms with van der Waals surface area (Å²) >= 11 is 5.53. The van der Waals surface area contributed by atoms with E-state index in [1.54, 1.807) is 24.4 Å². The first-order valence-electron chi connectivity index (χ1n) is 9.32. The molecule has 2 aromatic carbocycles. The fraction of sp³-hybridized carbons (Fsp3) is 0. The smallest absolute Gasteiger partial charge is 0.335 e. The van der Waals surface area contributed by atoms with E-state index in [4.69, 9.17) is 16.7 Å². The summed E-state index contributed by atoms with van der Waals surface area (Å²) in [5.41, 5.74) is 4.69. The molecule has 3 N–H and O–H groups in total. The highest BCUT2D eigenvalue weighted by molar-refractivity contribution is 6.30. The van der Waals surface area contributed by atoms with Crippen LogP contribution in [0.1, 0.15) is 10.4 Å². The van der Waals surface area contributed by atoms with Crippen molar-refractivity contribution in [1.29, 1.82) is 0 Å². The van der Waals surface area contributed by atoms with Gasteiger partial charge in [-0.25, -0.2) is 14.5 Å². The van der Waals surface area contributed by atoms with Gasteiger partial charge in [0.1, 0.15) is 0 Å². The van der Waals surface area contributed by atoms with Crippen LogP contribution in [0.4, 0.5) is 0 Å². The van der Waals surface area contributed by atoms with Gasteiger partial charge in [0.25, 0.3) is 5.65 Å². The minimum absolute atomic E-state index is 0.215. The number of carbonyl (C=O) groups is 1. The third kappa shape index (κ3) is 4.26. The number of H-pyrrole nitrogens is 2. The van der Waals surface area contributed by atoms with Gasteiger partial charge in [-0.1, -0.05) is 48.0 Å². The number of carboxylic acid groups (broad SMARTS) is 1. The lowest BCUT2D eigenvalue weighted by Gasteiger charge is -2.03. The molecule has 0 fully saturated rings. The predicted octanol–water partition coefficient (Wildman–Crippen LogP) is 4.90. The molecule has 0 aliphatic rings. The number of pyridine rings is 1. The Labute approximate surface area is 182 Å². The molecule has 154 valence electrons. The third-order valence-corrected chi connectivity index (χ3v) is 4.90. The van der Waals surface area contributed by atoms with Crippen LogP contribution in [0.15, 0.2) is 85.3 Å². The van der Waals surface area contributed by atoms with Crippen LogP contribution < -0.4 is 4.73 Å². The molecule has 31 heavy (non-hydrogen) atoms. The highest BCUT2D eigenvalue weighted by Gasteiger charge is 2.17. The standard InChI is InChI=1S/C16H12N4O.C7H5ClO2/c21-20-8-4-7-12-14(9-17-16(12)20)15-13(10-18-19-15)11-5-2-1-3-6-11;8-6-3-1-2-5(4-6)7(9)10/h1-10,17H,(H,18,19);1-4H,(H,9,10). The van der Waals surface area contributed by atoms with Gasteiger partial charge in [0, 0.05) is 10.6 Å². The summed E-state index contributed by atoms with van der Waals surface area (Å²) in [5.74, 6) is -0.956. The molecule has 0 saturated heterocycles. The zero-order valence-corrected chi connectivity index (χ0v) is 16.9. The molecule has 0 atom stereocenters. The summed E-state index contributed by atoms with van der Waals surface area (Å²) in [5, 5.41) is 28.7. The number of benzene rings is 2. The molecule has 0 spiro atoms. The molecule has 0 saturated carbocycles. The molecule has 5 aromatic rings. The summed E-state index contributed by atoms with van der Waals surface area (Å²) < 4.78 is 0.831. The van der Waals surface area contributed by atoms with Gasteiger partial charge < -0.3 is 10.3 Å².